The van der Waals surface area contributed by atoms with E-state index in [4.69, 9.17) is 21.1 Å². The van der Waals surface area contributed by atoms with E-state index in [0.29, 0.717) is 17.2 Å². The Bertz CT molecular complexity index is 600. The Morgan fingerprint density at radius 3 is 2.83 bits per heavy atom. The minimum absolute atomic E-state index is 0.110. The number of halogens is 1. The minimum Gasteiger partial charge on any atom is -0.381 e. The Labute approximate surface area is 140 Å². The van der Waals surface area contributed by atoms with Crippen LogP contribution in [0.25, 0.3) is 0 Å². The highest BCUT2D eigenvalue weighted by Crippen LogP contribution is 2.27. The molecule has 7 heteroatoms. The molecule has 0 radical (unpaired) electrons. The minimum atomic E-state index is -1.24. The summed E-state index contributed by atoms with van der Waals surface area (Å²) in [5.41, 5.74) is -0.521. The standard InChI is InChI=1S/C16H20ClN3O3/c17-14-6-4-13(5-7-14)16(21,9-20-12-18-11-19-20)10-23-15-3-1-2-8-22-15/h4-7,11-12,15,21H,1-3,8-10H2. The third-order valence-electron chi connectivity index (χ3n) is 3.92. The van der Waals surface area contributed by atoms with Crippen LogP contribution in [0, 0.1) is 0 Å². The Morgan fingerprint density at radius 2 is 2.17 bits per heavy atom. The van der Waals surface area contributed by atoms with Gasteiger partial charge in [-0.2, -0.15) is 5.10 Å². The quantitative estimate of drug-likeness (QED) is 0.876. The van der Waals surface area contributed by atoms with E-state index in [-0.39, 0.29) is 19.4 Å². The van der Waals surface area contributed by atoms with Crippen molar-refractivity contribution in [1.29, 1.82) is 0 Å². The predicted octanol–water partition coefficient (Wildman–Crippen LogP) is 2.36. The lowest BCUT2D eigenvalue weighted by atomic mass is 9.94. The Hall–Kier alpha value is -1.47. The number of aromatic nitrogens is 3. The average Bonchev–Trinajstić information content (AvgIpc) is 3.07. The number of rotatable bonds is 6. The van der Waals surface area contributed by atoms with Crippen LogP contribution in [-0.2, 0) is 21.6 Å². The summed E-state index contributed by atoms with van der Waals surface area (Å²) in [6.07, 6.45) is 5.72. The number of ether oxygens (including phenoxy) is 2. The largest absolute Gasteiger partial charge is 0.381 e. The van der Waals surface area contributed by atoms with Gasteiger partial charge >= 0.3 is 0 Å². The molecule has 124 valence electrons. The van der Waals surface area contributed by atoms with Gasteiger partial charge in [0.1, 0.15) is 18.3 Å². The maximum Gasteiger partial charge on any atom is 0.157 e. The lowest BCUT2D eigenvalue weighted by Gasteiger charge is -2.31. The third-order valence-corrected chi connectivity index (χ3v) is 4.17. The molecule has 3 rings (SSSR count). The number of benzene rings is 1. The molecule has 1 aliphatic heterocycles. The molecule has 2 aromatic rings. The third kappa shape index (κ3) is 4.29. The fraction of sp³-hybridized carbons (Fsp3) is 0.500. The van der Waals surface area contributed by atoms with Gasteiger partial charge in [-0.15, -0.1) is 0 Å². The second-order valence-corrected chi connectivity index (χ2v) is 6.18. The van der Waals surface area contributed by atoms with Crippen molar-refractivity contribution in [3.63, 3.8) is 0 Å². The Balaban J connectivity index is 1.75. The van der Waals surface area contributed by atoms with Crippen LogP contribution in [0.15, 0.2) is 36.9 Å². The van der Waals surface area contributed by atoms with Gasteiger partial charge in [-0.3, -0.25) is 0 Å². The monoisotopic (exact) mass is 337 g/mol. The van der Waals surface area contributed by atoms with Gasteiger partial charge in [-0.1, -0.05) is 23.7 Å². The summed E-state index contributed by atoms with van der Waals surface area (Å²) in [5.74, 6) is 0. The molecule has 1 aliphatic rings. The fourth-order valence-electron chi connectivity index (χ4n) is 2.64. The van der Waals surface area contributed by atoms with Crippen molar-refractivity contribution in [3.8, 4) is 0 Å². The first-order valence-corrected chi connectivity index (χ1v) is 8.08. The lowest BCUT2D eigenvalue weighted by molar-refractivity contribution is -0.196. The van der Waals surface area contributed by atoms with E-state index >= 15 is 0 Å². The molecule has 0 amide bonds. The van der Waals surface area contributed by atoms with Crippen molar-refractivity contribution in [2.45, 2.75) is 37.7 Å². The summed E-state index contributed by atoms with van der Waals surface area (Å²) in [7, 11) is 0. The molecule has 1 aromatic carbocycles. The van der Waals surface area contributed by atoms with E-state index in [2.05, 4.69) is 10.1 Å². The second-order valence-electron chi connectivity index (χ2n) is 5.74. The highest BCUT2D eigenvalue weighted by atomic mass is 35.5. The molecule has 2 heterocycles. The zero-order valence-corrected chi connectivity index (χ0v) is 13.5. The second kappa shape index (κ2) is 7.40. The van der Waals surface area contributed by atoms with Crippen molar-refractivity contribution >= 4 is 11.6 Å². The Morgan fingerprint density at radius 1 is 1.35 bits per heavy atom. The van der Waals surface area contributed by atoms with Crippen molar-refractivity contribution in [2.75, 3.05) is 13.2 Å². The van der Waals surface area contributed by atoms with Crippen LogP contribution in [0.5, 0.6) is 0 Å². The van der Waals surface area contributed by atoms with Crippen LogP contribution in [0.4, 0.5) is 0 Å². The topological polar surface area (TPSA) is 69.4 Å². The first-order chi connectivity index (χ1) is 11.2. The molecule has 2 unspecified atom stereocenters. The summed E-state index contributed by atoms with van der Waals surface area (Å²) >= 11 is 5.94. The summed E-state index contributed by atoms with van der Waals surface area (Å²) in [6.45, 7) is 1.05. The van der Waals surface area contributed by atoms with Gasteiger partial charge < -0.3 is 14.6 Å². The van der Waals surface area contributed by atoms with E-state index in [0.717, 1.165) is 19.3 Å². The number of hydrogen-bond donors (Lipinski definition) is 1. The van der Waals surface area contributed by atoms with Gasteiger partial charge in [0.05, 0.1) is 13.2 Å². The summed E-state index contributed by atoms with van der Waals surface area (Å²) in [5, 5.41) is 15.9. The highest BCUT2D eigenvalue weighted by molar-refractivity contribution is 6.30. The maximum atomic E-state index is 11.2. The molecule has 0 aliphatic carbocycles. The highest BCUT2D eigenvalue weighted by Gasteiger charge is 2.32. The van der Waals surface area contributed by atoms with Gasteiger partial charge in [-0.25, -0.2) is 9.67 Å². The van der Waals surface area contributed by atoms with E-state index < -0.39 is 5.60 Å². The molecule has 1 fully saturated rings. The molecule has 1 N–H and O–H groups in total. The van der Waals surface area contributed by atoms with Gasteiger partial charge in [0.25, 0.3) is 0 Å². The SMILES string of the molecule is OC(COC1CCCCO1)(Cn1cncn1)c1ccc(Cl)cc1. The van der Waals surface area contributed by atoms with Crippen molar-refractivity contribution < 1.29 is 14.6 Å². The summed E-state index contributed by atoms with van der Waals surface area (Å²) in [4.78, 5) is 3.92. The number of nitrogens with zero attached hydrogens (tertiary/aromatic N) is 3. The molecule has 2 atom stereocenters. The van der Waals surface area contributed by atoms with Crippen molar-refractivity contribution in [2.24, 2.45) is 0 Å². The molecular weight excluding hydrogens is 318 g/mol. The molecule has 23 heavy (non-hydrogen) atoms. The van der Waals surface area contributed by atoms with Crippen LogP contribution >= 0.6 is 11.6 Å². The van der Waals surface area contributed by atoms with Crippen LogP contribution in [0.2, 0.25) is 5.02 Å². The zero-order chi connectivity index (χ0) is 16.1. The lowest BCUT2D eigenvalue weighted by Crippen LogP contribution is -2.39. The van der Waals surface area contributed by atoms with E-state index in [1.807, 2.05) is 0 Å². The predicted molar refractivity (Wildman–Crippen MR) is 84.9 cm³/mol. The van der Waals surface area contributed by atoms with Crippen molar-refractivity contribution in [3.05, 3.63) is 47.5 Å². The first-order valence-electron chi connectivity index (χ1n) is 7.70. The van der Waals surface area contributed by atoms with Gasteiger partial charge in [0.15, 0.2) is 6.29 Å². The van der Waals surface area contributed by atoms with Gasteiger partial charge in [0.2, 0.25) is 0 Å². The normalized spacial score (nSPS) is 21.0. The van der Waals surface area contributed by atoms with Crippen LogP contribution in [0.3, 0.4) is 0 Å². The average molecular weight is 338 g/mol. The summed E-state index contributed by atoms with van der Waals surface area (Å²) < 4.78 is 13.0. The van der Waals surface area contributed by atoms with Crippen LogP contribution < -0.4 is 0 Å². The Kier molecular flexibility index (Phi) is 5.27. The number of aliphatic hydroxyl groups is 1. The molecule has 6 nitrogen and oxygen atoms in total. The smallest absolute Gasteiger partial charge is 0.157 e. The van der Waals surface area contributed by atoms with Crippen molar-refractivity contribution in [1.82, 2.24) is 14.8 Å². The summed E-state index contributed by atoms with van der Waals surface area (Å²) in [6, 6.07) is 7.09. The number of hydrogen-bond acceptors (Lipinski definition) is 5. The van der Waals surface area contributed by atoms with Gasteiger partial charge in [0, 0.05) is 11.6 Å². The molecule has 0 saturated carbocycles. The van der Waals surface area contributed by atoms with E-state index in [1.165, 1.54) is 6.33 Å². The molecule has 0 bridgehead atoms. The van der Waals surface area contributed by atoms with Crippen LogP contribution in [-0.4, -0.2) is 39.4 Å². The van der Waals surface area contributed by atoms with E-state index in [1.54, 1.807) is 35.3 Å². The first kappa shape index (κ1) is 16.4. The molecule has 0 spiro atoms. The molecule has 1 saturated heterocycles. The zero-order valence-electron chi connectivity index (χ0n) is 12.8. The van der Waals surface area contributed by atoms with Crippen LogP contribution in [0.1, 0.15) is 24.8 Å². The van der Waals surface area contributed by atoms with E-state index in [9.17, 15) is 5.11 Å². The molecular formula is C16H20ClN3O3. The molecule has 1 aromatic heterocycles. The fourth-order valence-corrected chi connectivity index (χ4v) is 2.76. The maximum absolute atomic E-state index is 11.2. The van der Waals surface area contributed by atoms with Gasteiger partial charge in [-0.05, 0) is 37.0 Å².